The molecule has 168 valence electrons. The lowest BCUT2D eigenvalue weighted by molar-refractivity contribution is -0.141. The highest BCUT2D eigenvalue weighted by Crippen LogP contribution is 2.37. The molecule has 3 rings (SSSR count). The molecule has 8 heteroatoms. The Bertz CT molecular complexity index is 948. The van der Waals surface area contributed by atoms with Crippen LogP contribution in [0.2, 0.25) is 0 Å². The maximum absolute atomic E-state index is 13.2. The Morgan fingerprint density at radius 1 is 0.935 bits per heavy atom. The van der Waals surface area contributed by atoms with E-state index in [0.717, 1.165) is 31.2 Å². The highest BCUT2D eigenvalue weighted by atomic mass is 19.4. The molecule has 0 heterocycles. The smallest absolute Gasteiger partial charge is 0.326 e. The molecule has 0 fully saturated rings. The second kappa shape index (κ2) is 8.93. The average molecular weight is 443 g/mol. The lowest BCUT2D eigenvalue weighted by atomic mass is 9.98. The van der Waals surface area contributed by atoms with Crippen LogP contribution in [0.3, 0.4) is 0 Å². The Morgan fingerprint density at radius 2 is 1.61 bits per heavy atom. The van der Waals surface area contributed by atoms with Gasteiger partial charge in [0.15, 0.2) is 0 Å². The first-order valence-electron chi connectivity index (χ1n) is 10.1. The van der Waals surface area contributed by atoms with E-state index < -0.39 is 41.4 Å². The number of rotatable bonds is 4. The van der Waals surface area contributed by atoms with Gasteiger partial charge in [-0.15, -0.1) is 0 Å². The van der Waals surface area contributed by atoms with Gasteiger partial charge in [-0.1, -0.05) is 13.0 Å². The third kappa shape index (κ3) is 6.02. The summed E-state index contributed by atoms with van der Waals surface area (Å²) in [5.41, 5.74) is 0.0237. The van der Waals surface area contributed by atoms with E-state index in [4.69, 9.17) is 0 Å². The largest absolute Gasteiger partial charge is 0.416 e. The summed E-state index contributed by atoms with van der Waals surface area (Å²) in [6.07, 6.45) is -6.40. The van der Waals surface area contributed by atoms with E-state index in [1.165, 1.54) is 5.56 Å². The van der Waals surface area contributed by atoms with Crippen LogP contribution in [0.1, 0.15) is 54.0 Å². The molecular weight excluding hydrogens is 420 g/mol. The van der Waals surface area contributed by atoms with Crippen LogP contribution in [0, 0.1) is 5.92 Å². The van der Waals surface area contributed by atoms with E-state index in [9.17, 15) is 31.1 Å². The molecule has 0 saturated heterocycles. The van der Waals surface area contributed by atoms with Crippen LogP contribution >= 0.6 is 0 Å². The first kappa shape index (κ1) is 23.2. The number of nitrogens with one attached hydrogen (secondary N) is 1. The predicted molar refractivity (Wildman–Crippen MR) is 106 cm³/mol. The fourth-order valence-electron chi connectivity index (χ4n) is 3.85. The monoisotopic (exact) mass is 443 g/mol. The molecule has 1 aliphatic carbocycles. The van der Waals surface area contributed by atoms with Crippen molar-refractivity contribution in [2.75, 3.05) is 5.32 Å². The number of carbonyl (C=O) groups is 1. The minimum absolute atomic E-state index is 0.363. The van der Waals surface area contributed by atoms with E-state index in [0.29, 0.717) is 29.8 Å². The Morgan fingerprint density at radius 3 is 2.26 bits per heavy atom. The van der Waals surface area contributed by atoms with Crippen molar-refractivity contribution in [2.24, 2.45) is 5.92 Å². The van der Waals surface area contributed by atoms with Gasteiger partial charge in [0.05, 0.1) is 11.1 Å². The van der Waals surface area contributed by atoms with Crippen LogP contribution < -0.4 is 5.32 Å². The van der Waals surface area contributed by atoms with Crippen LogP contribution in [0.25, 0.3) is 0 Å². The van der Waals surface area contributed by atoms with Gasteiger partial charge >= 0.3 is 12.4 Å². The van der Waals surface area contributed by atoms with E-state index >= 15 is 0 Å². The number of halogens is 6. The van der Waals surface area contributed by atoms with Gasteiger partial charge < -0.3 is 5.32 Å². The number of fused-ring (bicyclic) bond motifs is 1. The van der Waals surface area contributed by atoms with Crippen LogP contribution in [-0.4, -0.2) is 5.91 Å². The Balaban J connectivity index is 1.71. The number of alkyl halides is 6. The number of amides is 1. The van der Waals surface area contributed by atoms with Crippen molar-refractivity contribution in [3.05, 3.63) is 64.2 Å². The zero-order valence-corrected chi connectivity index (χ0v) is 17.0. The van der Waals surface area contributed by atoms with Crippen molar-refractivity contribution in [1.29, 1.82) is 0 Å². The molecule has 2 aromatic carbocycles. The van der Waals surface area contributed by atoms with E-state index in [1.54, 1.807) is 6.07 Å². The maximum Gasteiger partial charge on any atom is 0.416 e. The molecule has 2 aromatic rings. The minimum Gasteiger partial charge on any atom is -0.326 e. The van der Waals surface area contributed by atoms with Gasteiger partial charge in [0.1, 0.15) is 0 Å². The number of aryl methyl sites for hydroxylation is 3. The van der Waals surface area contributed by atoms with Crippen LogP contribution in [0.5, 0.6) is 0 Å². The van der Waals surface area contributed by atoms with Crippen molar-refractivity contribution in [3.63, 3.8) is 0 Å². The zero-order valence-electron chi connectivity index (χ0n) is 17.0. The zero-order chi connectivity index (χ0) is 22.8. The van der Waals surface area contributed by atoms with Gasteiger partial charge in [-0.2, -0.15) is 26.3 Å². The first-order chi connectivity index (χ1) is 14.4. The summed E-state index contributed by atoms with van der Waals surface area (Å²) in [5, 5.41) is 2.65. The Kier molecular flexibility index (Phi) is 6.67. The first-order valence-corrected chi connectivity index (χ1v) is 10.1. The van der Waals surface area contributed by atoms with Gasteiger partial charge in [-0.3, -0.25) is 4.79 Å². The molecule has 0 aliphatic heterocycles. The molecule has 0 bridgehead atoms. The summed E-state index contributed by atoms with van der Waals surface area (Å²) in [4.78, 5) is 12.3. The highest BCUT2D eigenvalue weighted by Gasteiger charge is 2.36. The fraction of sp³-hybridized carbons (Fsp3) is 0.435. The third-order valence-electron chi connectivity index (χ3n) is 5.66. The quantitative estimate of drug-likeness (QED) is 0.408. The molecular formula is C23H23F6NO. The summed E-state index contributed by atoms with van der Waals surface area (Å²) < 4.78 is 78.3. The van der Waals surface area contributed by atoms with Crippen molar-refractivity contribution in [2.45, 2.75) is 57.8 Å². The molecule has 1 aliphatic rings. The SMILES string of the molecule is CC1CCc2ccc(NC(=O)CCc3cc(C(F)(F)F)ccc3C(F)(F)F)cc2CC1. The van der Waals surface area contributed by atoms with Crippen molar-refractivity contribution in [1.82, 2.24) is 0 Å². The summed E-state index contributed by atoms with van der Waals surface area (Å²) in [6.45, 7) is 2.19. The van der Waals surface area contributed by atoms with Crippen LogP contribution in [0.15, 0.2) is 36.4 Å². The second-order valence-electron chi connectivity index (χ2n) is 8.08. The Hall–Kier alpha value is -2.51. The molecule has 0 aromatic heterocycles. The summed E-state index contributed by atoms with van der Waals surface area (Å²) in [5.74, 6) is 0.0632. The number of benzene rings is 2. The standard InChI is InChI=1S/C23H23F6NO/c1-14-2-4-15-6-9-19(13-16(15)5-3-14)30-21(31)11-7-17-12-18(22(24,25)26)8-10-20(17)23(27,28)29/h6,8-10,12-14H,2-5,7,11H2,1H3,(H,30,31). The van der Waals surface area contributed by atoms with Crippen molar-refractivity contribution < 1.29 is 31.1 Å². The van der Waals surface area contributed by atoms with E-state index in [2.05, 4.69) is 12.2 Å². The predicted octanol–water partition coefficient (Wildman–Crippen LogP) is 6.81. The second-order valence-corrected chi connectivity index (χ2v) is 8.08. The lowest BCUT2D eigenvalue weighted by Gasteiger charge is -2.16. The number of hydrogen-bond acceptors (Lipinski definition) is 1. The molecule has 1 atom stereocenters. The lowest BCUT2D eigenvalue weighted by Crippen LogP contribution is -2.16. The normalized spacial score (nSPS) is 17.1. The molecule has 1 N–H and O–H groups in total. The Labute approximate surface area is 176 Å². The average Bonchev–Trinajstić information content (AvgIpc) is 2.86. The number of carbonyl (C=O) groups excluding carboxylic acids is 1. The summed E-state index contributed by atoms with van der Waals surface area (Å²) in [7, 11) is 0. The number of anilines is 1. The summed E-state index contributed by atoms with van der Waals surface area (Å²) >= 11 is 0. The molecule has 2 nitrogen and oxygen atoms in total. The molecule has 1 unspecified atom stereocenters. The fourth-order valence-corrected chi connectivity index (χ4v) is 3.85. The highest BCUT2D eigenvalue weighted by molar-refractivity contribution is 5.91. The van der Waals surface area contributed by atoms with Gasteiger partial charge in [-0.05, 0) is 85.0 Å². The van der Waals surface area contributed by atoms with Crippen LogP contribution in [-0.2, 0) is 36.4 Å². The van der Waals surface area contributed by atoms with Crippen LogP contribution in [0.4, 0.5) is 32.0 Å². The molecule has 1 amide bonds. The third-order valence-corrected chi connectivity index (χ3v) is 5.66. The van der Waals surface area contributed by atoms with E-state index in [-0.39, 0.29) is 6.42 Å². The van der Waals surface area contributed by atoms with Gasteiger partial charge in [0.25, 0.3) is 0 Å². The molecule has 0 radical (unpaired) electrons. The van der Waals surface area contributed by atoms with Crippen molar-refractivity contribution in [3.8, 4) is 0 Å². The molecule has 31 heavy (non-hydrogen) atoms. The van der Waals surface area contributed by atoms with Gasteiger partial charge in [0, 0.05) is 12.1 Å². The van der Waals surface area contributed by atoms with Gasteiger partial charge in [-0.25, -0.2) is 0 Å². The minimum atomic E-state index is -4.80. The van der Waals surface area contributed by atoms with Gasteiger partial charge in [0.2, 0.25) is 5.91 Å². The summed E-state index contributed by atoms with van der Waals surface area (Å²) in [6, 6.07) is 6.86. The molecule has 0 saturated carbocycles. The molecule has 0 spiro atoms. The van der Waals surface area contributed by atoms with E-state index in [1.807, 2.05) is 12.1 Å². The van der Waals surface area contributed by atoms with Crippen molar-refractivity contribution >= 4 is 11.6 Å². The number of hydrogen-bond donors (Lipinski definition) is 1. The topological polar surface area (TPSA) is 29.1 Å². The maximum atomic E-state index is 13.2.